The van der Waals surface area contributed by atoms with Gasteiger partial charge in [-0.2, -0.15) is 0 Å². The highest BCUT2D eigenvalue weighted by atomic mass is 16.5. The molecule has 0 bridgehead atoms. The number of hydrogen-bond acceptors (Lipinski definition) is 5. The van der Waals surface area contributed by atoms with Gasteiger partial charge in [0.2, 0.25) is 0 Å². The van der Waals surface area contributed by atoms with E-state index in [4.69, 9.17) is 10.5 Å². The number of aromatic nitrogens is 2. The molecule has 18 heavy (non-hydrogen) atoms. The maximum absolute atomic E-state index is 5.47. The van der Waals surface area contributed by atoms with Crippen molar-refractivity contribution in [2.45, 2.75) is 13.5 Å². The van der Waals surface area contributed by atoms with Crippen molar-refractivity contribution in [3.63, 3.8) is 0 Å². The van der Waals surface area contributed by atoms with Gasteiger partial charge in [-0.05, 0) is 24.6 Å². The highest BCUT2D eigenvalue weighted by molar-refractivity contribution is 5.38. The van der Waals surface area contributed by atoms with E-state index in [9.17, 15) is 0 Å². The van der Waals surface area contributed by atoms with Crippen molar-refractivity contribution in [2.24, 2.45) is 0 Å². The third-order valence-corrected chi connectivity index (χ3v) is 2.35. The van der Waals surface area contributed by atoms with Gasteiger partial charge in [-0.15, -0.1) is 0 Å². The summed E-state index contributed by atoms with van der Waals surface area (Å²) in [5, 5.41) is 3.17. The molecule has 0 spiro atoms. The van der Waals surface area contributed by atoms with Gasteiger partial charge in [0.15, 0.2) is 0 Å². The number of anilines is 2. The van der Waals surface area contributed by atoms with Crippen molar-refractivity contribution in [3.8, 4) is 5.75 Å². The minimum atomic E-state index is 0.416. The first kappa shape index (κ1) is 12.2. The van der Waals surface area contributed by atoms with Gasteiger partial charge in [0, 0.05) is 6.54 Å². The fourth-order valence-electron chi connectivity index (χ4n) is 1.53. The average molecular weight is 244 g/mol. The number of nitrogens with two attached hydrogens (primary N) is 1. The average Bonchev–Trinajstić information content (AvgIpc) is 2.39. The van der Waals surface area contributed by atoms with Gasteiger partial charge in [-0.25, -0.2) is 9.97 Å². The lowest BCUT2D eigenvalue weighted by Gasteiger charge is -2.07. The smallest absolute Gasteiger partial charge is 0.144 e. The van der Waals surface area contributed by atoms with Gasteiger partial charge in [0.05, 0.1) is 19.0 Å². The molecule has 5 nitrogen and oxygen atoms in total. The van der Waals surface area contributed by atoms with Crippen LogP contribution in [0.3, 0.4) is 0 Å². The largest absolute Gasteiger partial charge is 0.494 e. The van der Waals surface area contributed by atoms with Crippen molar-refractivity contribution >= 4 is 11.6 Å². The summed E-state index contributed by atoms with van der Waals surface area (Å²) in [6.07, 6.45) is 3.14. The van der Waals surface area contributed by atoms with Crippen LogP contribution in [0.5, 0.6) is 5.75 Å². The van der Waals surface area contributed by atoms with Gasteiger partial charge < -0.3 is 15.8 Å². The Morgan fingerprint density at radius 1 is 1.28 bits per heavy atom. The van der Waals surface area contributed by atoms with Crippen LogP contribution in [-0.4, -0.2) is 16.6 Å². The quantitative estimate of drug-likeness (QED) is 0.842. The van der Waals surface area contributed by atoms with E-state index in [1.165, 1.54) is 6.20 Å². The maximum Gasteiger partial charge on any atom is 0.144 e. The maximum atomic E-state index is 5.47. The molecular weight excluding hydrogens is 228 g/mol. The number of hydrogen-bond donors (Lipinski definition) is 2. The zero-order valence-electron chi connectivity index (χ0n) is 10.3. The molecule has 3 N–H and O–H groups in total. The zero-order valence-corrected chi connectivity index (χ0v) is 10.3. The lowest BCUT2D eigenvalue weighted by molar-refractivity contribution is 0.340. The van der Waals surface area contributed by atoms with Crippen LogP contribution in [0.25, 0.3) is 0 Å². The molecule has 0 saturated heterocycles. The molecule has 0 aliphatic heterocycles. The molecule has 1 aromatic heterocycles. The van der Waals surface area contributed by atoms with E-state index >= 15 is 0 Å². The Morgan fingerprint density at radius 2 is 2.17 bits per heavy atom. The monoisotopic (exact) mass is 244 g/mol. The second-order valence-corrected chi connectivity index (χ2v) is 3.76. The molecule has 2 aromatic rings. The summed E-state index contributed by atoms with van der Waals surface area (Å²) in [5.41, 5.74) is 6.59. The van der Waals surface area contributed by atoms with Crippen LogP contribution in [0.15, 0.2) is 36.7 Å². The number of benzene rings is 1. The molecule has 0 saturated carbocycles. The van der Waals surface area contributed by atoms with Gasteiger partial charge in [-0.1, -0.05) is 12.1 Å². The fraction of sp³-hybridized carbons (Fsp3) is 0.231. The van der Waals surface area contributed by atoms with Crippen molar-refractivity contribution in [2.75, 3.05) is 17.7 Å². The second kappa shape index (κ2) is 5.86. The Hall–Kier alpha value is -2.30. The Morgan fingerprint density at radius 3 is 2.89 bits per heavy atom. The van der Waals surface area contributed by atoms with Crippen LogP contribution in [0.1, 0.15) is 12.5 Å². The molecule has 1 aromatic carbocycles. The van der Waals surface area contributed by atoms with E-state index in [1.54, 1.807) is 6.20 Å². The summed E-state index contributed by atoms with van der Waals surface area (Å²) in [6.45, 7) is 3.30. The molecule has 94 valence electrons. The lowest BCUT2D eigenvalue weighted by Crippen LogP contribution is -2.03. The summed E-state index contributed by atoms with van der Waals surface area (Å²) in [5.74, 6) is 1.99. The molecule has 0 fully saturated rings. The van der Waals surface area contributed by atoms with Crippen LogP contribution < -0.4 is 15.8 Å². The van der Waals surface area contributed by atoms with Gasteiger partial charge in [-0.3, -0.25) is 0 Å². The third kappa shape index (κ3) is 3.35. The van der Waals surface area contributed by atoms with Crippen LogP contribution in [0.2, 0.25) is 0 Å². The molecule has 0 atom stereocenters. The fourth-order valence-corrected chi connectivity index (χ4v) is 1.53. The summed E-state index contributed by atoms with van der Waals surface area (Å²) >= 11 is 0. The number of nitrogens with one attached hydrogen (secondary N) is 1. The number of nitrogen functional groups attached to an aromatic ring is 1. The van der Waals surface area contributed by atoms with Crippen molar-refractivity contribution in [3.05, 3.63) is 42.2 Å². The molecular formula is C13H16N4O. The summed E-state index contributed by atoms with van der Waals surface area (Å²) < 4.78 is 5.44. The minimum Gasteiger partial charge on any atom is -0.494 e. The normalized spacial score (nSPS) is 10.1. The summed E-state index contributed by atoms with van der Waals surface area (Å²) in [7, 11) is 0. The lowest BCUT2D eigenvalue weighted by atomic mass is 10.2. The SMILES string of the molecule is CCOc1cccc(CNc2cnc(N)cn2)c1. The Kier molecular flexibility index (Phi) is 3.96. The standard InChI is InChI=1S/C13H16N4O/c1-2-18-11-5-3-4-10(6-11)7-16-13-9-15-12(14)8-17-13/h3-6,8-9H,2,7H2,1H3,(H2,14,15)(H,16,17). The number of ether oxygens (including phenoxy) is 1. The molecule has 0 aliphatic carbocycles. The first-order valence-electron chi connectivity index (χ1n) is 5.81. The number of nitrogens with zero attached hydrogens (tertiary/aromatic N) is 2. The Labute approximate surface area is 106 Å². The number of rotatable bonds is 5. The van der Waals surface area contributed by atoms with Gasteiger partial charge in [0.25, 0.3) is 0 Å². The predicted molar refractivity (Wildman–Crippen MR) is 71.4 cm³/mol. The Bertz CT molecular complexity index is 499. The van der Waals surface area contributed by atoms with Crippen LogP contribution in [0, 0.1) is 0 Å². The van der Waals surface area contributed by atoms with Crippen LogP contribution in [-0.2, 0) is 6.54 Å². The van der Waals surface area contributed by atoms with Crippen molar-refractivity contribution in [1.29, 1.82) is 0 Å². The van der Waals surface area contributed by atoms with Crippen LogP contribution in [0.4, 0.5) is 11.6 Å². The molecule has 5 heteroatoms. The highest BCUT2D eigenvalue weighted by Gasteiger charge is 1.98. The molecule has 0 unspecified atom stereocenters. The zero-order chi connectivity index (χ0) is 12.8. The predicted octanol–water partition coefficient (Wildman–Crippen LogP) is 2.07. The molecule has 1 heterocycles. The molecule has 0 amide bonds. The van der Waals surface area contributed by atoms with E-state index in [2.05, 4.69) is 15.3 Å². The first-order valence-corrected chi connectivity index (χ1v) is 5.81. The Balaban J connectivity index is 1.97. The summed E-state index contributed by atoms with van der Waals surface area (Å²) in [6, 6.07) is 7.94. The van der Waals surface area contributed by atoms with Gasteiger partial charge in [0.1, 0.15) is 17.4 Å². The molecule has 2 rings (SSSR count). The summed E-state index contributed by atoms with van der Waals surface area (Å²) in [4.78, 5) is 8.09. The molecule has 0 radical (unpaired) electrons. The van der Waals surface area contributed by atoms with E-state index in [-0.39, 0.29) is 0 Å². The highest BCUT2D eigenvalue weighted by Crippen LogP contribution is 2.14. The second-order valence-electron chi connectivity index (χ2n) is 3.76. The first-order chi connectivity index (χ1) is 8.78. The third-order valence-electron chi connectivity index (χ3n) is 2.35. The minimum absolute atomic E-state index is 0.416. The topological polar surface area (TPSA) is 73.1 Å². The van der Waals surface area contributed by atoms with E-state index in [0.29, 0.717) is 24.8 Å². The van der Waals surface area contributed by atoms with Crippen LogP contribution >= 0.6 is 0 Å². The molecule has 0 aliphatic rings. The van der Waals surface area contributed by atoms with Gasteiger partial charge >= 0.3 is 0 Å². The van der Waals surface area contributed by atoms with E-state index in [0.717, 1.165) is 11.3 Å². The van der Waals surface area contributed by atoms with E-state index in [1.807, 2.05) is 31.2 Å². The van der Waals surface area contributed by atoms with Crippen molar-refractivity contribution in [1.82, 2.24) is 9.97 Å². The van der Waals surface area contributed by atoms with E-state index < -0.39 is 0 Å². The van der Waals surface area contributed by atoms with Crippen molar-refractivity contribution < 1.29 is 4.74 Å².